The molecule has 3 unspecified atom stereocenters. The first kappa shape index (κ1) is 56.1. The van der Waals surface area contributed by atoms with Crippen molar-refractivity contribution >= 4 is 25.7 Å². The number of ether oxygens (including phenoxy) is 2. The molecule has 0 rings (SSSR count). The molecule has 0 aromatic heterocycles. The van der Waals surface area contributed by atoms with E-state index < -0.39 is 51.1 Å². The third-order valence-corrected chi connectivity index (χ3v) is 10.2. The van der Waals surface area contributed by atoms with Crippen LogP contribution in [0.5, 0.6) is 0 Å². The molecule has 3 atom stereocenters. The fourth-order valence-electron chi connectivity index (χ4n) is 5.80. The molecule has 0 aliphatic rings. The van der Waals surface area contributed by atoms with Gasteiger partial charge in [-0.3, -0.25) is 14.2 Å². The molecule has 0 heterocycles. The van der Waals surface area contributed by atoms with E-state index in [2.05, 4.69) is 48.4 Å². The molecular formula is C42H77NNaO10P. The molecule has 0 aliphatic carbocycles. The number of esters is 2. The van der Waals surface area contributed by atoms with Gasteiger partial charge in [-0.15, -0.1) is 0 Å². The largest absolute Gasteiger partial charge is 1.00 e. The number of unbranched alkanes of at least 4 members (excludes halogenated alkanes) is 22. The van der Waals surface area contributed by atoms with Crippen LogP contribution in [0.25, 0.3) is 0 Å². The van der Waals surface area contributed by atoms with E-state index in [9.17, 15) is 28.9 Å². The molecule has 0 aromatic carbocycles. The van der Waals surface area contributed by atoms with Gasteiger partial charge in [0.1, 0.15) is 25.2 Å². The van der Waals surface area contributed by atoms with Gasteiger partial charge in [0.2, 0.25) is 0 Å². The van der Waals surface area contributed by atoms with Gasteiger partial charge in [0.15, 0.2) is 6.10 Å². The fraction of sp³-hybridized carbons (Fsp3) is 0.833. The Morgan fingerprint density at radius 3 is 1.47 bits per heavy atom. The van der Waals surface area contributed by atoms with Crippen molar-refractivity contribution in [3.05, 3.63) is 24.3 Å². The number of carbonyl (C=O) groups is 3. The van der Waals surface area contributed by atoms with Gasteiger partial charge in [-0.25, -0.2) is 0 Å². The predicted molar refractivity (Wildman–Crippen MR) is 211 cm³/mol. The van der Waals surface area contributed by atoms with Crippen LogP contribution >= 0.6 is 7.82 Å². The summed E-state index contributed by atoms with van der Waals surface area (Å²) >= 11 is 0. The van der Waals surface area contributed by atoms with E-state index in [0.717, 1.165) is 64.2 Å². The van der Waals surface area contributed by atoms with Gasteiger partial charge in [-0.1, -0.05) is 160 Å². The second-order valence-corrected chi connectivity index (χ2v) is 15.9. The summed E-state index contributed by atoms with van der Waals surface area (Å²) in [4.78, 5) is 48.0. The van der Waals surface area contributed by atoms with Crippen LogP contribution in [-0.2, 0) is 37.5 Å². The Labute approximate surface area is 356 Å². The van der Waals surface area contributed by atoms with Crippen molar-refractivity contribution in [2.45, 2.75) is 206 Å². The Morgan fingerprint density at radius 1 is 0.582 bits per heavy atom. The number of carboxylic acids is 1. The minimum Gasteiger partial charge on any atom is -0.756 e. The van der Waals surface area contributed by atoms with Gasteiger partial charge < -0.3 is 39.0 Å². The average Bonchev–Trinajstić information content (AvgIpc) is 3.14. The number of rotatable bonds is 40. The maximum atomic E-state index is 12.6. The van der Waals surface area contributed by atoms with Crippen LogP contribution in [0.15, 0.2) is 24.3 Å². The van der Waals surface area contributed by atoms with E-state index in [1.54, 1.807) is 0 Å². The van der Waals surface area contributed by atoms with Crippen LogP contribution in [-0.4, -0.2) is 49.9 Å². The molecule has 0 saturated carbocycles. The smallest absolute Gasteiger partial charge is 0.756 e. The summed E-state index contributed by atoms with van der Waals surface area (Å²) in [5.41, 5.74) is 3.24. The molecule has 0 radical (unpaired) electrons. The van der Waals surface area contributed by atoms with Crippen molar-refractivity contribution in [1.29, 1.82) is 0 Å². The third-order valence-electron chi connectivity index (χ3n) is 9.23. The van der Waals surface area contributed by atoms with Crippen LogP contribution in [0.2, 0.25) is 0 Å². The monoisotopic (exact) mass is 810 g/mol. The minimum absolute atomic E-state index is 0. The van der Waals surface area contributed by atoms with E-state index in [4.69, 9.17) is 14.0 Å². The number of quaternary nitrogens is 1. The Bertz CT molecular complexity index is 1030. The zero-order chi connectivity index (χ0) is 40.0. The maximum absolute atomic E-state index is 12.6. The van der Waals surface area contributed by atoms with Crippen LogP contribution < -0.4 is 45.3 Å². The molecule has 316 valence electrons. The summed E-state index contributed by atoms with van der Waals surface area (Å²) in [6.07, 6.45) is 37.9. The van der Waals surface area contributed by atoms with Crippen molar-refractivity contribution < 1.29 is 82.8 Å². The second-order valence-electron chi connectivity index (χ2n) is 14.5. The van der Waals surface area contributed by atoms with Gasteiger partial charge in [0.05, 0.1) is 6.61 Å². The molecule has 13 heteroatoms. The molecule has 0 spiro atoms. The Morgan fingerprint density at radius 2 is 0.982 bits per heavy atom. The van der Waals surface area contributed by atoms with Gasteiger partial charge >= 0.3 is 41.5 Å². The Kier molecular flexibility index (Phi) is 41.9. The molecular weight excluding hydrogens is 732 g/mol. The Balaban J connectivity index is 0. The van der Waals surface area contributed by atoms with Crippen LogP contribution in [0.1, 0.15) is 194 Å². The predicted octanol–water partition coefficient (Wildman–Crippen LogP) is 5.38. The summed E-state index contributed by atoms with van der Waals surface area (Å²) in [7, 11) is -4.95. The van der Waals surface area contributed by atoms with Crippen molar-refractivity contribution in [2.75, 3.05) is 19.8 Å². The third kappa shape index (κ3) is 40.9. The van der Waals surface area contributed by atoms with Crippen molar-refractivity contribution in [2.24, 2.45) is 0 Å². The van der Waals surface area contributed by atoms with Crippen molar-refractivity contribution in [1.82, 2.24) is 0 Å². The number of phosphoric acid groups is 1. The van der Waals surface area contributed by atoms with Gasteiger partial charge in [-0.2, -0.15) is 0 Å². The molecule has 55 heavy (non-hydrogen) atoms. The van der Waals surface area contributed by atoms with E-state index in [1.807, 2.05) is 0 Å². The summed E-state index contributed by atoms with van der Waals surface area (Å²) in [6, 6.07) is -1.42. The topological polar surface area (TPSA) is 179 Å². The van der Waals surface area contributed by atoms with Crippen LogP contribution in [0.3, 0.4) is 0 Å². The number of hydrogen-bond donors (Lipinski definition) is 1. The number of phosphoric ester groups is 1. The van der Waals surface area contributed by atoms with E-state index in [-0.39, 0.29) is 49.0 Å². The normalized spacial score (nSPS) is 13.7. The summed E-state index contributed by atoms with van der Waals surface area (Å²) in [5, 5.41) is 10.8. The molecule has 3 N–H and O–H groups in total. The van der Waals surface area contributed by atoms with Gasteiger partial charge in [-0.05, 0) is 44.9 Å². The summed E-state index contributed by atoms with van der Waals surface area (Å²) in [5.74, 6) is -2.59. The standard InChI is InChI=1S/C42H78NO10P.Na/c1-3-5-7-9-11-13-15-17-19-21-23-25-27-29-31-33-40(44)50-35-38(36-51-54(48,49)52-37-39(43)42(46)47)53-41(45)34-32-30-28-26-24-22-20-18-16-14-12-10-8-6-4-2;/h12,14,18,20,38-39H,3-11,13,15-17,19,21-37,43H2,1-2H3,(H,46,47)(H,48,49);/q;+1/p-1/b14-12+,20-18+;. The number of hydrogen-bond acceptors (Lipinski definition) is 10. The zero-order valence-corrected chi connectivity index (χ0v) is 38.0. The number of carboxylic acid groups (broad SMARTS) is 1. The molecule has 0 saturated heterocycles. The first-order valence-corrected chi connectivity index (χ1v) is 22.9. The van der Waals surface area contributed by atoms with E-state index in [1.165, 1.54) is 89.9 Å². The Hall–Kier alpha value is -1.04. The number of carbonyl (C=O) groups excluding carboxylic acids is 3. The zero-order valence-electron chi connectivity index (χ0n) is 35.1. The summed E-state index contributed by atoms with van der Waals surface area (Å²) in [6.45, 7) is 2.67. The van der Waals surface area contributed by atoms with Gasteiger partial charge in [0, 0.05) is 12.8 Å². The average molecular weight is 810 g/mol. The molecule has 0 bridgehead atoms. The first-order valence-electron chi connectivity index (χ1n) is 21.4. The number of aliphatic carboxylic acids is 1. The van der Waals surface area contributed by atoms with E-state index >= 15 is 0 Å². The molecule has 0 aromatic rings. The van der Waals surface area contributed by atoms with Crippen molar-refractivity contribution in [3.63, 3.8) is 0 Å². The molecule has 0 fully saturated rings. The fourth-order valence-corrected chi connectivity index (χ4v) is 6.59. The van der Waals surface area contributed by atoms with Crippen LogP contribution in [0.4, 0.5) is 0 Å². The SMILES string of the molecule is CCCCC/C=C/C/C=C/CCCCCCCC(=O)OC(COC(=O)CCCCCCCCCCCCCCCCC)COP(=O)([O-])OCC([NH3+])C(=O)[O-].[Na+]. The maximum Gasteiger partial charge on any atom is 1.00 e. The number of allylic oxidation sites excluding steroid dienone is 4. The first-order chi connectivity index (χ1) is 26.1. The van der Waals surface area contributed by atoms with Crippen molar-refractivity contribution in [3.8, 4) is 0 Å². The molecule has 0 amide bonds. The van der Waals surface area contributed by atoms with Crippen LogP contribution in [0, 0.1) is 0 Å². The minimum atomic E-state index is -4.95. The molecule has 0 aliphatic heterocycles. The second kappa shape index (κ2) is 41.1. The quantitative estimate of drug-likeness (QED) is 0.0278. The summed E-state index contributed by atoms with van der Waals surface area (Å²) < 4.78 is 32.3. The van der Waals surface area contributed by atoms with Gasteiger partial charge in [0.25, 0.3) is 7.82 Å². The van der Waals surface area contributed by atoms with E-state index in [0.29, 0.717) is 12.8 Å². The molecule has 11 nitrogen and oxygen atoms in total.